The van der Waals surface area contributed by atoms with Crippen LogP contribution in [0.1, 0.15) is 51.6 Å². The minimum Gasteiger partial charge on any atom is -0.404 e. The molecule has 1 aromatic rings. The number of aromatic nitrogens is 1. The lowest BCUT2D eigenvalue weighted by Crippen LogP contribution is -2.53. The number of ketones is 1. The second-order valence-electron chi connectivity index (χ2n) is 8.36. The summed E-state index contributed by atoms with van der Waals surface area (Å²) in [6.45, 7) is 3.68. The Balaban J connectivity index is 2.10. The fourth-order valence-corrected chi connectivity index (χ4v) is 5.31. The van der Waals surface area contributed by atoms with Crippen LogP contribution in [0.25, 0.3) is 0 Å². The first kappa shape index (κ1) is 18.9. The highest BCUT2D eigenvalue weighted by atomic mass is 16.3. The van der Waals surface area contributed by atoms with Crippen LogP contribution in [0.5, 0.6) is 0 Å². The number of Topliss-reactive ketones (excluding diaryl/α,β-unsaturated/α-hetero) is 1. The molecule has 2 aliphatic rings. The van der Waals surface area contributed by atoms with E-state index in [9.17, 15) is 15.0 Å². The Bertz CT molecular complexity index is 707. The van der Waals surface area contributed by atoms with E-state index in [1.165, 1.54) is 6.20 Å². The van der Waals surface area contributed by atoms with Crippen molar-refractivity contribution in [3.05, 3.63) is 35.8 Å². The van der Waals surface area contributed by atoms with Crippen LogP contribution in [-0.4, -0.2) is 44.4 Å². The number of nitrogens with one attached hydrogen (secondary N) is 1. The summed E-state index contributed by atoms with van der Waals surface area (Å²) < 4.78 is 0. The highest BCUT2D eigenvalue weighted by Gasteiger charge is 2.51. The van der Waals surface area contributed by atoms with E-state index >= 15 is 0 Å². The molecule has 5 N–H and O–H groups in total. The van der Waals surface area contributed by atoms with Gasteiger partial charge in [-0.05, 0) is 49.7 Å². The van der Waals surface area contributed by atoms with Gasteiger partial charge in [0.15, 0.2) is 5.78 Å². The maximum atomic E-state index is 12.2. The van der Waals surface area contributed by atoms with Crippen molar-refractivity contribution in [3.63, 3.8) is 0 Å². The van der Waals surface area contributed by atoms with E-state index in [-0.39, 0.29) is 5.57 Å². The van der Waals surface area contributed by atoms with E-state index in [4.69, 9.17) is 10.7 Å². The number of hydrogen-bond donors (Lipinski definition) is 4. The number of H-pyrrole nitrogens is 1. The minimum absolute atomic E-state index is 0.212. The van der Waals surface area contributed by atoms with Crippen molar-refractivity contribution in [2.45, 2.75) is 57.1 Å². The van der Waals surface area contributed by atoms with Gasteiger partial charge in [0.1, 0.15) is 6.61 Å². The minimum atomic E-state index is -0.701. The van der Waals surface area contributed by atoms with Crippen molar-refractivity contribution in [2.75, 3.05) is 6.61 Å². The number of rotatable bonds is 5. The molecule has 6 nitrogen and oxygen atoms in total. The van der Waals surface area contributed by atoms with E-state index in [2.05, 4.69) is 18.8 Å². The maximum absolute atomic E-state index is 12.2. The van der Waals surface area contributed by atoms with Crippen molar-refractivity contribution in [3.8, 4) is 0 Å². The molecule has 3 rings (SSSR count). The lowest BCUT2D eigenvalue weighted by atomic mass is 9.59. The summed E-state index contributed by atoms with van der Waals surface area (Å²) in [5, 5.41) is 20.4. The first-order valence-corrected chi connectivity index (χ1v) is 9.32. The predicted octanol–water partition coefficient (Wildman–Crippen LogP) is 1.93. The number of aromatic amines is 1. The largest absolute Gasteiger partial charge is 0.404 e. The van der Waals surface area contributed by atoms with Crippen LogP contribution in [0, 0.1) is 11.8 Å². The standard InChI is InChI=1S/C20H29N3O3/c1-13-6-19(7-14(2)9-20(26,8-13)12-19)23-18(16-4-3-5-22-16)15(10-21)17(25)11-24/h3-5,10,13-14,22,24,26H,6-9,11-12,21H2,1-2H3/t13-,14+,19?,20?. The first-order valence-electron chi connectivity index (χ1n) is 9.32. The zero-order valence-electron chi connectivity index (χ0n) is 15.5. The van der Waals surface area contributed by atoms with E-state index < -0.39 is 23.5 Å². The Hall–Kier alpha value is -1.92. The van der Waals surface area contributed by atoms with Crippen molar-refractivity contribution in [1.29, 1.82) is 0 Å². The molecule has 0 aliphatic heterocycles. The molecule has 0 radical (unpaired) electrons. The quantitative estimate of drug-likeness (QED) is 0.475. The zero-order valence-corrected chi connectivity index (χ0v) is 15.5. The maximum Gasteiger partial charge on any atom is 0.191 e. The van der Waals surface area contributed by atoms with Gasteiger partial charge >= 0.3 is 0 Å². The van der Waals surface area contributed by atoms with Crippen LogP contribution in [0.4, 0.5) is 0 Å². The van der Waals surface area contributed by atoms with Crippen LogP contribution in [0.3, 0.4) is 0 Å². The molecule has 6 heteroatoms. The molecule has 142 valence electrons. The number of carbonyl (C=O) groups excluding carboxylic acids is 1. The predicted molar refractivity (Wildman–Crippen MR) is 101 cm³/mol. The average Bonchev–Trinajstić information content (AvgIpc) is 3.05. The Labute approximate surface area is 154 Å². The number of nitrogens with two attached hydrogens (primary N) is 1. The molecular formula is C20H29N3O3. The Morgan fingerprint density at radius 1 is 1.35 bits per heavy atom. The summed E-state index contributed by atoms with van der Waals surface area (Å²) in [5.41, 5.74) is 5.99. The van der Waals surface area contributed by atoms with Crippen molar-refractivity contribution in [1.82, 2.24) is 4.98 Å². The molecule has 2 unspecified atom stereocenters. The topological polar surface area (TPSA) is 112 Å². The number of aliphatic hydroxyl groups excluding tert-OH is 1. The Morgan fingerprint density at radius 3 is 2.50 bits per heavy atom. The summed E-state index contributed by atoms with van der Waals surface area (Å²) in [6, 6.07) is 3.68. The van der Waals surface area contributed by atoms with Crippen molar-refractivity contribution < 1.29 is 15.0 Å². The highest BCUT2D eigenvalue weighted by Crippen LogP contribution is 2.51. The lowest BCUT2D eigenvalue weighted by Gasteiger charge is -2.52. The zero-order chi connectivity index (χ0) is 18.9. The van der Waals surface area contributed by atoms with Gasteiger partial charge in [0.2, 0.25) is 0 Å². The van der Waals surface area contributed by atoms with Crippen molar-refractivity contribution >= 4 is 11.5 Å². The number of aliphatic hydroxyl groups is 2. The smallest absolute Gasteiger partial charge is 0.191 e. The SMILES string of the molecule is C[C@@H]1CC2(O)C[C@H](C)CC(N=C(C(=CN)C(=O)CO)c3ccc[nH]3)(C1)C2. The van der Waals surface area contributed by atoms with Crippen LogP contribution in [-0.2, 0) is 4.79 Å². The van der Waals surface area contributed by atoms with E-state index in [0.29, 0.717) is 29.7 Å². The highest BCUT2D eigenvalue weighted by molar-refractivity contribution is 6.28. The third-order valence-corrected chi connectivity index (χ3v) is 5.64. The molecular weight excluding hydrogens is 330 g/mol. The van der Waals surface area contributed by atoms with Gasteiger partial charge in [-0.1, -0.05) is 13.8 Å². The van der Waals surface area contributed by atoms with Gasteiger partial charge in [-0.25, -0.2) is 0 Å². The monoisotopic (exact) mass is 359 g/mol. The van der Waals surface area contributed by atoms with Gasteiger partial charge < -0.3 is 20.9 Å². The van der Waals surface area contributed by atoms with Gasteiger partial charge in [-0.2, -0.15) is 0 Å². The molecule has 2 saturated carbocycles. The van der Waals surface area contributed by atoms with Crippen molar-refractivity contribution in [2.24, 2.45) is 22.6 Å². The molecule has 0 saturated heterocycles. The average molecular weight is 359 g/mol. The van der Waals surface area contributed by atoms with Crippen LogP contribution < -0.4 is 5.73 Å². The fourth-order valence-electron chi connectivity index (χ4n) is 5.31. The third kappa shape index (κ3) is 3.62. The molecule has 0 aromatic carbocycles. The Morgan fingerprint density at radius 2 is 2.00 bits per heavy atom. The summed E-state index contributed by atoms with van der Waals surface area (Å²) >= 11 is 0. The molecule has 2 fully saturated rings. The third-order valence-electron chi connectivity index (χ3n) is 5.64. The summed E-state index contributed by atoms with van der Waals surface area (Å²) in [6.07, 6.45) is 6.92. The van der Waals surface area contributed by atoms with Gasteiger partial charge in [0.05, 0.1) is 28.1 Å². The van der Waals surface area contributed by atoms with Gasteiger partial charge in [0.25, 0.3) is 0 Å². The molecule has 4 atom stereocenters. The fraction of sp³-hybridized carbons (Fsp3) is 0.600. The number of fused-ring (bicyclic) bond motifs is 2. The molecule has 2 aliphatic carbocycles. The second kappa shape index (κ2) is 7.00. The molecule has 0 spiro atoms. The summed E-state index contributed by atoms with van der Waals surface area (Å²) in [5.74, 6) is 0.253. The molecule has 26 heavy (non-hydrogen) atoms. The first-order chi connectivity index (χ1) is 12.3. The lowest BCUT2D eigenvalue weighted by molar-refractivity contribution is -0.117. The molecule has 0 amide bonds. The molecule has 2 bridgehead atoms. The normalized spacial score (nSPS) is 35.4. The number of hydrogen-bond acceptors (Lipinski definition) is 5. The number of aliphatic imine (C=N–C) groups is 1. The van der Waals surface area contributed by atoms with Crippen LogP contribution in [0.15, 0.2) is 35.1 Å². The van der Waals surface area contributed by atoms with Gasteiger partial charge in [-0.15, -0.1) is 0 Å². The van der Waals surface area contributed by atoms with Gasteiger partial charge in [-0.3, -0.25) is 9.79 Å². The van der Waals surface area contributed by atoms with Gasteiger partial charge in [0, 0.05) is 18.8 Å². The van der Waals surface area contributed by atoms with Crippen LogP contribution >= 0.6 is 0 Å². The van der Waals surface area contributed by atoms with E-state index in [0.717, 1.165) is 25.7 Å². The summed E-state index contributed by atoms with van der Waals surface area (Å²) in [4.78, 5) is 20.4. The molecule has 1 aromatic heterocycles. The van der Waals surface area contributed by atoms with Crippen LogP contribution in [0.2, 0.25) is 0 Å². The van der Waals surface area contributed by atoms with E-state index in [1.807, 2.05) is 12.1 Å². The second-order valence-corrected chi connectivity index (χ2v) is 8.36. The number of carbonyl (C=O) groups is 1. The summed E-state index contributed by atoms with van der Waals surface area (Å²) in [7, 11) is 0. The number of nitrogens with zero attached hydrogens (tertiary/aromatic N) is 1. The van der Waals surface area contributed by atoms with E-state index in [1.54, 1.807) is 6.20 Å². The Kier molecular flexibility index (Phi) is 5.08. The molecule has 1 heterocycles.